The number of likely N-dealkylation sites (N-methyl/N-ethyl adjacent to an activating group) is 1. The van der Waals surface area contributed by atoms with Crippen LogP contribution >= 0.6 is 0 Å². The highest BCUT2D eigenvalue weighted by Crippen LogP contribution is 2.19. The van der Waals surface area contributed by atoms with E-state index in [4.69, 9.17) is 4.74 Å². The van der Waals surface area contributed by atoms with E-state index in [-0.39, 0.29) is 12.5 Å². The average Bonchev–Trinajstić information content (AvgIpc) is 2.74. The van der Waals surface area contributed by atoms with Gasteiger partial charge in [0, 0.05) is 59.0 Å². The Balaban J connectivity index is 1.87. The number of nitrogens with zero attached hydrogens (tertiary/aromatic N) is 3. The van der Waals surface area contributed by atoms with Gasteiger partial charge in [0.1, 0.15) is 6.54 Å². The largest absolute Gasteiger partial charge is 0.382 e. The van der Waals surface area contributed by atoms with Crippen molar-refractivity contribution in [2.45, 2.75) is 51.7 Å². The van der Waals surface area contributed by atoms with Gasteiger partial charge in [0.05, 0.1) is 0 Å². The monoisotopic (exact) mass is 417 g/mol. The van der Waals surface area contributed by atoms with Crippen LogP contribution in [0.1, 0.15) is 38.7 Å². The lowest BCUT2D eigenvalue weighted by Gasteiger charge is -2.38. The Morgan fingerprint density at radius 1 is 1.30 bits per heavy atom. The van der Waals surface area contributed by atoms with Crippen molar-refractivity contribution in [2.75, 3.05) is 46.9 Å². The number of ether oxygens (including phenoxy) is 1. The Hall–Kier alpha value is -2.12. The number of carbonyl (C=O) groups excluding carboxylic acids is 1. The fourth-order valence-electron chi connectivity index (χ4n) is 3.56. The molecule has 1 aromatic carbocycles. The number of hydrogen-bond acceptors (Lipinski definition) is 4. The Morgan fingerprint density at radius 2 is 2.07 bits per heavy atom. The third kappa shape index (κ3) is 8.71. The normalized spacial score (nSPS) is 20.1. The number of hydrogen-bond donors (Lipinski definition) is 2. The van der Waals surface area contributed by atoms with Gasteiger partial charge in [-0.2, -0.15) is 0 Å². The smallest absolute Gasteiger partial charge is 0.243 e. The molecular formula is C23H39N5O2. The first kappa shape index (κ1) is 24.2. The van der Waals surface area contributed by atoms with E-state index in [2.05, 4.69) is 57.8 Å². The number of amides is 1. The van der Waals surface area contributed by atoms with Crippen molar-refractivity contribution in [3.8, 4) is 0 Å². The lowest BCUT2D eigenvalue weighted by atomic mass is 9.97. The molecule has 7 nitrogen and oxygen atoms in total. The van der Waals surface area contributed by atoms with Gasteiger partial charge in [-0.1, -0.05) is 30.3 Å². The fraction of sp³-hybridized carbons (Fsp3) is 0.652. The Labute approximate surface area is 181 Å². The zero-order valence-corrected chi connectivity index (χ0v) is 19.1. The summed E-state index contributed by atoms with van der Waals surface area (Å²) >= 11 is 0. The zero-order valence-electron chi connectivity index (χ0n) is 19.1. The molecule has 1 amide bonds. The van der Waals surface area contributed by atoms with Crippen LogP contribution in [-0.2, 0) is 16.1 Å². The van der Waals surface area contributed by atoms with E-state index < -0.39 is 0 Å². The van der Waals surface area contributed by atoms with Gasteiger partial charge in [0.25, 0.3) is 0 Å². The van der Waals surface area contributed by atoms with E-state index >= 15 is 0 Å². The van der Waals surface area contributed by atoms with Gasteiger partial charge >= 0.3 is 0 Å². The van der Waals surface area contributed by atoms with Gasteiger partial charge in [-0.3, -0.25) is 9.69 Å². The number of likely N-dealkylation sites (tertiary alicyclic amines) is 1. The Kier molecular flexibility index (Phi) is 10.7. The predicted molar refractivity (Wildman–Crippen MR) is 123 cm³/mol. The first-order chi connectivity index (χ1) is 14.5. The molecule has 2 unspecified atom stereocenters. The molecule has 0 aromatic heterocycles. The summed E-state index contributed by atoms with van der Waals surface area (Å²) in [7, 11) is 3.51. The Morgan fingerprint density at radius 3 is 2.73 bits per heavy atom. The summed E-state index contributed by atoms with van der Waals surface area (Å²) in [6, 6.07) is 11.5. The summed E-state index contributed by atoms with van der Waals surface area (Å²) in [5.41, 5.74) is 1.36. The summed E-state index contributed by atoms with van der Waals surface area (Å²) in [6.07, 6.45) is 3.01. The minimum atomic E-state index is -0.00327. The molecule has 0 bridgehead atoms. The highest BCUT2D eigenvalue weighted by Gasteiger charge is 2.26. The van der Waals surface area contributed by atoms with Gasteiger partial charge in [-0.05, 0) is 38.7 Å². The molecule has 1 saturated heterocycles. The molecular weight excluding hydrogens is 378 g/mol. The van der Waals surface area contributed by atoms with Crippen molar-refractivity contribution < 1.29 is 9.53 Å². The number of carbonyl (C=O) groups is 1. The molecule has 30 heavy (non-hydrogen) atoms. The van der Waals surface area contributed by atoms with Gasteiger partial charge in [-0.15, -0.1) is 0 Å². The Bertz CT molecular complexity index is 650. The third-order valence-electron chi connectivity index (χ3n) is 5.42. The van der Waals surface area contributed by atoms with Gasteiger partial charge in [0.15, 0.2) is 5.96 Å². The minimum Gasteiger partial charge on any atom is -0.382 e. The van der Waals surface area contributed by atoms with E-state index in [1.165, 1.54) is 5.56 Å². The van der Waals surface area contributed by atoms with Crippen molar-refractivity contribution in [1.29, 1.82) is 0 Å². The maximum atomic E-state index is 12.0. The first-order valence-electron chi connectivity index (χ1n) is 11.1. The number of piperidine rings is 1. The van der Waals surface area contributed by atoms with Crippen LogP contribution < -0.4 is 10.6 Å². The van der Waals surface area contributed by atoms with Crippen LogP contribution in [0.25, 0.3) is 0 Å². The van der Waals surface area contributed by atoms with Crippen LogP contribution in [0.2, 0.25) is 0 Å². The minimum absolute atomic E-state index is 0.00327. The average molecular weight is 418 g/mol. The molecule has 1 aliphatic rings. The molecule has 0 aliphatic carbocycles. The molecule has 1 aliphatic heterocycles. The lowest BCUT2D eigenvalue weighted by molar-refractivity contribution is -0.127. The molecule has 1 fully saturated rings. The topological polar surface area (TPSA) is 69.2 Å². The van der Waals surface area contributed by atoms with Crippen LogP contribution in [0, 0.1) is 0 Å². The molecule has 7 heteroatoms. The summed E-state index contributed by atoms with van der Waals surface area (Å²) in [6.45, 7) is 8.70. The van der Waals surface area contributed by atoms with Crippen LogP contribution in [0.15, 0.2) is 35.3 Å². The van der Waals surface area contributed by atoms with E-state index in [0.29, 0.717) is 12.1 Å². The zero-order chi connectivity index (χ0) is 21.8. The van der Waals surface area contributed by atoms with E-state index in [1.54, 1.807) is 19.0 Å². The van der Waals surface area contributed by atoms with Gasteiger partial charge < -0.3 is 20.3 Å². The SMILES string of the molecule is CCOCCCNC(=NCC(=O)N(C)C)NC1CCN(Cc2ccccc2)C(C)C1. The lowest BCUT2D eigenvalue weighted by Crippen LogP contribution is -2.51. The van der Waals surface area contributed by atoms with Crippen molar-refractivity contribution in [3.05, 3.63) is 35.9 Å². The standard InChI is InChI=1S/C23H39N5O2/c1-5-30-15-9-13-24-23(25-17-22(29)27(3)4)26-21-12-14-28(19(2)16-21)18-20-10-7-6-8-11-20/h6-8,10-11,19,21H,5,9,12-18H2,1-4H3,(H2,24,25,26). The molecule has 0 saturated carbocycles. The summed E-state index contributed by atoms with van der Waals surface area (Å²) in [5.74, 6) is 0.715. The second-order valence-electron chi connectivity index (χ2n) is 8.10. The van der Waals surface area contributed by atoms with Crippen LogP contribution in [-0.4, -0.2) is 80.7 Å². The second-order valence-corrected chi connectivity index (χ2v) is 8.10. The molecule has 0 spiro atoms. The highest BCUT2D eigenvalue weighted by atomic mass is 16.5. The molecule has 2 N–H and O–H groups in total. The van der Waals surface area contributed by atoms with Crippen LogP contribution in [0.3, 0.4) is 0 Å². The molecule has 2 atom stereocenters. The number of benzene rings is 1. The summed E-state index contributed by atoms with van der Waals surface area (Å²) in [5, 5.41) is 6.92. The fourth-order valence-corrected chi connectivity index (χ4v) is 3.56. The number of guanidine groups is 1. The highest BCUT2D eigenvalue weighted by molar-refractivity contribution is 5.84. The summed E-state index contributed by atoms with van der Waals surface area (Å²) in [4.78, 5) is 20.6. The third-order valence-corrected chi connectivity index (χ3v) is 5.42. The van der Waals surface area contributed by atoms with Gasteiger partial charge in [0.2, 0.25) is 5.91 Å². The number of aliphatic imine (C=N–C) groups is 1. The molecule has 2 rings (SSSR count). The van der Waals surface area contributed by atoms with Crippen molar-refractivity contribution in [1.82, 2.24) is 20.4 Å². The maximum Gasteiger partial charge on any atom is 0.243 e. The molecule has 1 aromatic rings. The summed E-state index contributed by atoms with van der Waals surface area (Å²) < 4.78 is 5.40. The predicted octanol–water partition coefficient (Wildman–Crippen LogP) is 2.09. The van der Waals surface area contributed by atoms with E-state index in [9.17, 15) is 4.79 Å². The van der Waals surface area contributed by atoms with Crippen LogP contribution in [0.4, 0.5) is 0 Å². The van der Waals surface area contributed by atoms with E-state index in [0.717, 1.165) is 58.1 Å². The first-order valence-corrected chi connectivity index (χ1v) is 11.1. The molecule has 168 valence electrons. The second kappa shape index (κ2) is 13.2. The van der Waals surface area contributed by atoms with Crippen molar-refractivity contribution in [2.24, 2.45) is 4.99 Å². The molecule has 0 radical (unpaired) electrons. The quantitative estimate of drug-likeness (QED) is 0.347. The van der Waals surface area contributed by atoms with Crippen molar-refractivity contribution >= 4 is 11.9 Å². The maximum absolute atomic E-state index is 12.0. The number of nitrogens with one attached hydrogen (secondary N) is 2. The number of rotatable bonds is 10. The van der Waals surface area contributed by atoms with Gasteiger partial charge in [-0.25, -0.2) is 4.99 Å². The molecule has 1 heterocycles. The van der Waals surface area contributed by atoms with Crippen molar-refractivity contribution in [3.63, 3.8) is 0 Å². The van der Waals surface area contributed by atoms with Crippen LogP contribution in [0.5, 0.6) is 0 Å². The van der Waals surface area contributed by atoms with E-state index in [1.807, 2.05) is 6.92 Å².